The Morgan fingerprint density at radius 1 is 1.00 bits per heavy atom. The molecule has 1 aromatic carbocycles. The normalized spacial score (nSPS) is 24.6. The third kappa shape index (κ3) is 5.50. The maximum absolute atomic E-state index is 13.0. The number of halogens is 3. The number of alkyl halides is 3. The van der Waals surface area contributed by atoms with Crippen molar-refractivity contribution in [2.45, 2.75) is 81.0 Å². The van der Waals surface area contributed by atoms with Gasteiger partial charge in [-0.25, -0.2) is 9.78 Å². The minimum atomic E-state index is -4.47. The third-order valence-corrected chi connectivity index (χ3v) is 8.35. The predicted octanol–water partition coefficient (Wildman–Crippen LogP) is 6.31. The van der Waals surface area contributed by atoms with E-state index < -0.39 is 23.3 Å². The van der Waals surface area contributed by atoms with Crippen LogP contribution >= 0.6 is 0 Å². The summed E-state index contributed by atoms with van der Waals surface area (Å²) in [6.45, 7) is 0. The molecule has 3 aromatic rings. The largest absolute Gasteiger partial charge is 0.416 e. The Hall–Kier alpha value is -3.83. The van der Waals surface area contributed by atoms with E-state index in [1.54, 1.807) is 12.3 Å². The molecule has 0 unspecified atom stereocenters. The van der Waals surface area contributed by atoms with Gasteiger partial charge in [0.15, 0.2) is 5.82 Å². The van der Waals surface area contributed by atoms with Gasteiger partial charge in [-0.1, -0.05) is 18.9 Å². The molecule has 0 spiro atoms. The third-order valence-electron chi connectivity index (χ3n) is 8.35. The molecular weight excluding hydrogens is 509 g/mol. The standard InChI is InChI=1S/C27H31F3N8O/c28-27(29,30)18-6-3-7-19(14-18)32-24(39)36-26-11-9-25(16-26,10-12-26)35-23-31-13-8-21(34-23)33-22-15-20(37-38-22)17-4-1-2-5-17/h3,6-8,13-15,17H,1-2,4-5,9-12,16H2,(H2,32,36,39)(H3,31,33,34,35,37,38). The summed E-state index contributed by atoms with van der Waals surface area (Å²) in [5.41, 5.74) is -0.241. The van der Waals surface area contributed by atoms with Crippen LogP contribution in [-0.4, -0.2) is 37.3 Å². The van der Waals surface area contributed by atoms with Crippen molar-refractivity contribution in [3.63, 3.8) is 0 Å². The number of benzene rings is 1. The molecule has 0 radical (unpaired) electrons. The van der Waals surface area contributed by atoms with Gasteiger partial charge in [0.1, 0.15) is 5.82 Å². The Morgan fingerprint density at radius 3 is 2.54 bits per heavy atom. The summed E-state index contributed by atoms with van der Waals surface area (Å²) in [5, 5.41) is 19.9. The number of rotatable bonds is 7. The average molecular weight is 541 g/mol. The van der Waals surface area contributed by atoms with Crippen LogP contribution in [0, 0.1) is 0 Å². The molecule has 2 aromatic heterocycles. The van der Waals surface area contributed by atoms with Crippen LogP contribution in [0.25, 0.3) is 0 Å². The maximum atomic E-state index is 13.0. The molecule has 2 amide bonds. The molecule has 206 valence electrons. The number of carbonyl (C=O) groups is 1. The molecule has 3 aliphatic rings. The second-order valence-electron chi connectivity index (χ2n) is 11.1. The fraction of sp³-hybridized carbons (Fsp3) is 0.481. The van der Waals surface area contributed by atoms with Gasteiger partial charge >= 0.3 is 12.2 Å². The van der Waals surface area contributed by atoms with Crippen molar-refractivity contribution in [1.29, 1.82) is 0 Å². The zero-order valence-corrected chi connectivity index (χ0v) is 21.4. The lowest BCUT2D eigenvalue weighted by Gasteiger charge is -2.29. The summed E-state index contributed by atoms with van der Waals surface area (Å²) in [7, 11) is 0. The molecule has 9 nitrogen and oxygen atoms in total. The van der Waals surface area contributed by atoms with Gasteiger partial charge in [-0.2, -0.15) is 23.3 Å². The quantitative estimate of drug-likeness (QED) is 0.240. The Labute approximate surface area is 223 Å². The van der Waals surface area contributed by atoms with Crippen LogP contribution in [0.4, 0.5) is 41.2 Å². The molecule has 3 saturated carbocycles. The molecule has 3 aliphatic carbocycles. The highest BCUT2D eigenvalue weighted by atomic mass is 19.4. The predicted molar refractivity (Wildman–Crippen MR) is 141 cm³/mol. The van der Waals surface area contributed by atoms with Gasteiger partial charge in [0.25, 0.3) is 0 Å². The lowest BCUT2D eigenvalue weighted by Crippen LogP contribution is -2.47. The van der Waals surface area contributed by atoms with Gasteiger partial charge in [-0.3, -0.25) is 5.10 Å². The number of urea groups is 1. The number of aromatic nitrogens is 4. The molecule has 39 heavy (non-hydrogen) atoms. The summed E-state index contributed by atoms with van der Waals surface area (Å²) >= 11 is 0. The lowest BCUT2D eigenvalue weighted by molar-refractivity contribution is -0.137. The van der Waals surface area contributed by atoms with E-state index in [1.807, 2.05) is 6.07 Å². The number of carbonyl (C=O) groups excluding carboxylic acids is 1. The van der Waals surface area contributed by atoms with Crippen LogP contribution in [0.5, 0.6) is 0 Å². The van der Waals surface area contributed by atoms with Gasteiger partial charge in [0, 0.05) is 40.6 Å². The number of aromatic amines is 1. The van der Waals surface area contributed by atoms with E-state index in [-0.39, 0.29) is 11.2 Å². The lowest BCUT2D eigenvalue weighted by atomic mass is 9.91. The molecule has 6 rings (SSSR count). The first-order chi connectivity index (χ1) is 18.7. The van der Waals surface area contributed by atoms with Crippen molar-refractivity contribution < 1.29 is 18.0 Å². The van der Waals surface area contributed by atoms with Crippen molar-refractivity contribution in [3.8, 4) is 0 Å². The van der Waals surface area contributed by atoms with Crippen molar-refractivity contribution in [2.24, 2.45) is 0 Å². The Kier molecular flexibility index (Phi) is 6.35. The van der Waals surface area contributed by atoms with Gasteiger partial charge in [0.2, 0.25) is 5.95 Å². The van der Waals surface area contributed by atoms with E-state index in [2.05, 4.69) is 41.4 Å². The van der Waals surface area contributed by atoms with E-state index in [9.17, 15) is 18.0 Å². The summed E-state index contributed by atoms with van der Waals surface area (Å²) in [6.07, 6.45) is 5.95. The molecule has 2 heterocycles. The zero-order valence-electron chi connectivity index (χ0n) is 21.4. The summed E-state index contributed by atoms with van der Waals surface area (Å²) in [4.78, 5) is 21.8. The van der Waals surface area contributed by atoms with E-state index in [0.29, 0.717) is 24.1 Å². The molecule has 0 aliphatic heterocycles. The average Bonchev–Trinajstić information content (AvgIpc) is 3.68. The maximum Gasteiger partial charge on any atom is 0.416 e. The van der Waals surface area contributed by atoms with Crippen LogP contribution in [-0.2, 0) is 6.18 Å². The highest BCUT2D eigenvalue weighted by molar-refractivity contribution is 5.90. The topological polar surface area (TPSA) is 120 Å². The molecule has 12 heteroatoms. The van der Waals surface area contributed by atoms with E-state index >= 15 is 0 Å². The van der Waals surface area contributed by atoms with E-state index in [1.165, 1.54) is 37.8 Å². The minimum Gasteiger partial charge on any atom is -0.349 e. The monoisotopic (exact) mass is 540 g/mol. The number of anilines is 4. The molecule has 0 atom stereocenters. The van der Waals surface area contributed by atoms with Gasteiger partial charge in [0.05, 0.1) is 5.56 Å². The zero-order chi connectivity index (χ0) is 27.1. The summed E-state index contributed by atoms with van der Waals surface area (Å²) in [5.74, 6) is 2.39. The Morgan fingerprint density at radius 2 is 1.77 bits per heavy atom. The van der Waals surface area contributed by atoms with Crippen molar-refractivity contribution in [3.05, 3.63) is 53.9 Å². The fourth-order valence-corrected chi connectivity index (χ4v) is 6.43. The van der Waals surface area contributed by atoms with Crippen LogP contribution in [0.15, 0.2) is 42.6 Å². The van der Waals surface area contributed by atoms with Crippen LogP contribution < -0.4 is 21.3 Å². The van der Waals surface area contributed by atoms with Gasteiger partial charge < -0.3 is 21.3 Å². The molecule has 3 fully saturated rings. The highest BCUT2D eigenvalue weighted by Gasteiger charge is 2.55. The first kappa shape index (κ1) is 25.4. The first-order valence-electron chi connectivity index (χ1n) is 13.4. The molecule has 5 N–H and O–H groups in total. The van der Waals surface area contributed by atoms with E-state index in [0.717, 1.165) is 49.3 Å². The van der Waals surface area contributed by atoms with E-state index in [4.69, 9.17) is 0 Å². The number of nitrogens with one attached hydrogen (secondary N) is 5. The number of H-pyrrole nitrogens is 1. The number of nitrogens with zero attached hydrogens (tertiary/aromatic N) is 3. The van der Waals surface area contributed by atoms with Gasteiger partial charge in [-0.05, 0) is 69.2 Å². The van der Waals surface area contributed by atoms with Crippen LogP contribution in [0.3, 0.4) is 0 Å². The second-order valence-corrected chi connectivity index (χ2v) is 11.1. The molecule has 0 saturated heterocycles. The number of fused-ring (bicyclic) bond motifs is 2. The van der Waals surface area contributed by atoms with Crippen LogP contribution in [0.2, 0.25) is 0 Å². The Bertz CT molecular complexity index is 1340. The number of hydrogen-bond donors (Lipinski definition) is 5. The summed E-state index contributed by atoms with van der Waals surface area (Å²) in [6, 6.07) is 7.96. The molecule has 2 bridgehead atoms. The summed E-state index contributed by atoms with van der Waals surface area (Å²) < 4.78 is 39.0. The second kappa shape index (κ2) is 9.73. The SMILES string of the molecule is O=C(Nc1cccc(C(F)(F)F)c1)NC12CCC(Nc3nccc(Nc4cc(C5CCCC5)[nH]n4)n3)(CC1)C2. The van der Waals surface area contributed by atoms with Crippen molar-refractivity contribution in [2.75, 3.05) is 16.0 Å². The van der Waals surface area contributed by atoms with Crippen LogP contribution in [0.1, 0.15) is 75.0 Å². The number of amides is 2. The minimum absolute atomic E-state index is 0.101. The fourth-order valence-electron chi connectivity index (χ4n) is 6.43. The number of hydrogen-bond acceptors (Lipinski definition) is 6. The highest BCUT2D eigenvalue weighted by Crippen LogP contribution is 2.52. The Balaban J connectivity index is 1.06. The van der Waals surface area contributed by atoms with Crippen molar-refractivity contribution >= 4 is 29.3 Å². The first-order valence-corrected chi connectivity index (χ1v) is 13.4. The van der Waals surface area contributed by atoms with Gasteiger partial charge in [-0.15, -0.1) is 0 Å². The van der Waals surface area contributed by atoms with Crippen molar-refractivity contribution in [1.82, 2.24) is 25.5 Å². The molecular formula is C27H31F3N8O. The smallest absolute Gasteiger partial charge is 0.349 e.